The summed E-state index contributed by atoms with van der Waals surface area (Å²) in [6.07, 6.45) is 2.04. The van der Waals surface area contributed by atoms with Crippen LogP contribution in [0.25, 0.3) is 0 Å². The second kappa shape index (κ2) is 8.05. The van der Waals surface area contributed by atoms with Gasteiger partial charge in [-0.25, -0.2) is 0 Å². The Labute approximate surface area is 90.9 Å². The third-order valence-corrected chi connectivity index (χ3v) is 1.98. The van der Waals surface area contributed by atoms with Gasteiger partial charge in [-0.05, 0) is 18.4 Å². The summed E-state index contributed by atoms with van der Waals surface area (Å²) in [4.78, 5) is 0. The molecular formula is C13H16O2. The van der Waals surface area contributed by atoms with E-state index in [0.29, 0.717) is 6.61 Å². The molecule has 2 nitrogen and oxygen atoms in total. The zero-order valence-corrected chi connectivity index (χ0v) is 8.78. The number of rotatable bonds is 5. The first kappa shape index (κ1) is 11.8. The average molecular weight is 204 g/mol. The van der Waals surface area contributed by atoms with E-state index >= 15 is 0 Å². The standard InChI is InChI=1S/C13H16O2/c14-10-4-5-11-15-12-6-9-13-7-2-1-3-8-13/h1-3,7-8,14H,6,9-12H2. The summed E-state index contributed by atoms with van der Waals surface area (Å²) in [5, 5.41) is 8.39. The number of aryl methyl sites for hydroxylation is 1. The molecule has 0 radical (unpaired) electrons. The van der Waals surface area contributed by atoms with Crippen LogP contribution in [-0.4, -0.2) is 24.9 Å². The van der Waals surface area contributed by atoms with Crippen LogP contribution in [0.1, 0.15) is 12.0 Å². The molecule has 1 N–H and O–H groups in total. The Morgan fingerprint density at radius 3 is 2.67 bits per heavy atom. The van der Waals surface area contributed by atoms with Crippen molar-refractivity contribution in [1.82, 2.24) is 0 Å². The molecule has 0 heterocycles. The molecule has 0 amide bonds. The summed E-state index contributed by atoms with van der Waals surface area (Å²) in [5.41, 5.74) is 1.34. The smallest absolute Gasteiger partial charge is 0.107 e. The third-order valence-electron chi connectivity index (χ3n) is 1.98. The predicted octanol–water partition coefficient (Wildman–Crippen LogP) is 1.63. The molecule has 15 heavy (non-hydrogen) atoms. The Morgan fingerprint density at radius 2 is 1.93 bits per heavy atom. The van der Waals surface area contributed by atoms with E-state index in [1.165, 1.54) is 5.56 Å². The number of hydrogen-bond acceptors (Lipinski definition) is 2. The third kappa shape index (κ3) is 5.90. The first-order valence-corrected chi connectivity index (χ1v) is 5.11. The van der Waals surface area contributed by atoms with Crippen LogP contribution in [0.3, 0.4) is 0 Å². The lowest BCUT2D eigenvalue weighted by Gasteiger charge is -2.00. The van der Waals surface area contributed by atoms with Crippen LogP contribution < -0.4 is 0 Å². The zero-order chi connectivity index (χ0) is 10.8. The minimum Gasteiger partial charge on any atom is -0.384 e. The van der Waals surface area contributed by atoms with Crippen LogP contribution in [0.4, 0.5) is 0 Å². The van der Waals surface area contributed by atoms with Gasteiger partial charge in [0.2, 0.25) is 0 Å². The maximum Gasteiger partial charge on any atom is 0.107 e. The van der Waals surface area contributed by atoms with Gasteiger partial charge < -0.3 is 9.84 Å². The van der Waals surface area contributed by atoms with Gasteiger partial charge in [0.05, 0.1) is 0 Å². The van der Waals surface area contributed by atoms with Gasteiger partial charge >= 0.3 is 0 Å². The van der Waals surface area contributed by atoms with Crippen molar-refractivity contribution < 1.29 is 9.84 Å². The molecule has 0 aliphatic rings. The van der Waals surface area contributed by atoms with Crippen molar-refractivity contribution in [2.45, 2.75) is 12.8 Å². The van der Waals surface area contributed by atoms with E-state index in [-0.39, 0.29) is 6.61 Å². The Morgan fingerprint density at radius 1 is 1.13 bits per heavy atom. The van der Waals surface area contributed by atoms with E-state index in [0.717, 1.165) is 19.4 Å². The Hall–Kier alpha value is -1.30. The summed E-state index contributed by atoms with van der Waals surface area (Å²) >= 11 is 0. The summed E-state index contributed by atoms with van der Waals surface area (Å²) in [6, 6.07) is 10.3. The number of benzene rings is 1. The van der Waals surface area contributed by atoms with Gasteiger partial charge in [-0.2, -0.15) is 0 Å². The normalized spacial score (nSPS) is 9.40. The molecule has 2 heteroatoms. The molecule has 0 bridgehead atoms. The van der Waals surface area contributed by atoms with Crippen molar-refractivity contribution in [2.24, 2.45) is 0 Å². The molecule has 80 valence electrons. The minimum atomic E-state index is -0.0899. The largest absolute Gasteiger partial charge is 0.384 e. The van der Waals surface area contributed by atoms with E-state index in [2.05, 4.69) is 24.0 Å². The van der Waals surface area contributed by atoms with E-state index in [1.807, 2.05) is 18.2 Å². The van der Waals surface area contributed by atoms with Gasteiger partial charge in [0.15, 0.2) is 0 Å². The van der Waals surface area contributed by atoms with Crippen LogP contribution in [0.15, 0.2) is 30.3 Å². The van der Waals surface area contributed by atoms with Gasteiger partial charge in [-0.15, -0.1) is 0 Å². The average Bonchev–Trinajstić information content (AvgIpc) is 2.29. The SMILES string of the molecule is OCC#CCOCCCc1ccccc1. The maximum absolute atomic E-state index is 8.39. The lowest BCUT2D eigenvalue weighted by molar-refractivity contribution is 0.164. The molecule has 0 saturated carbocycles. The molecule has 0 aliphatic heterocycles. The van der Waals surface area contributed by atoms with Crippen molar-refractivity contribution in [3.05, 3.63) is 35.9 Å². The predicted molar refractivity (Wildman–Crippen MR) is 60.4 cm³/mol. The van der Waals surface area contributed by atoms with E-state index < -0.39 is 0 Å². The van der Waals surface area contributed by atoms with Gasteiger partial charge in [0.25, 0.3) is 0 Å². The lowest BCUT2D eigenvalue weighted by Crippen LogP contribution is -1.97. The van der Waals surface area contributed by atoms with Crippen LogP contribution in [0, 0.1) is 11.8 Å². The Balaban J connectivity index is 2.03. The molecule has 1 rings (SSSR count). The highest BCUT2D eigenvalue weighted by atomic mass is 16.5. The topological polar surface area (TPSA) is 29.5 Å². The fourth-order valence-electron chi connectivity index (χ4n) is 1.25. The molecular weight excluding hydrogens is 188 g/mol. The second-order valence-corrected chi connectivity index (χ2v) is 3.15. The van der Waals surface area contributed by atoms with Crippen molar-refractivity contribution in [3.8, 4) is 11.8 Å². The zero-order valence-electron chi connectivity index (χ0n) is 8.78. The number of ether oxygens (including phenoxy) is 1. The first-order chi connectivity index (χ1) is 7.43. The summed E-state index contributed by atoms with van der Waals surface area (Å²) in [5.74, 6) is 5.25. The summed E-state index contributed by atoms with van der Waals surface area (Å²) in [7, 11) is 0. The van der Waals surface area contributed by atoms with Gasteiger partial charge in [0.1, 0.15) is 13.2 Å². The molecule has 1 aromatic rings. The van der Waals surface area contributed by atoms with Crippen molar-refractivity contribution in [1.29, 1.82) is 0 Å². The maximum atomic E-state index is 8.39. The highest BCUT2D eigenvalue weighted by Crippen LogP contribution is 2.01. The second-order valence-electron chi connectivity index (χ2n) is 3.15. The molecule has 0 unspecified atom stereocenters. The Bertz CT molecular complexity index is 308. The number of hydrogen-bond donors (Lipinski definition) is 1. The summed E-state index contributed by atoms with van der Waals surface area (Å²) in [6.45, 7) is 1.04. The number of aliphatic hydroxyl groups excluding tert-OH is 1. The first-order valence-electron chi connectivity index (χ1n) is 5.11. The lowest BCUT2D eigenvalue weighted by atomic mass is 10.1. The molecule has 0 atom stereocenters. The molecule has 0 saturated heterocycles. The van der Waals surface area contributed by atoms with Crippen LogP contribution in [-0.2, 0) is 11.2 Å². The van der Waals surface area contributed by atoms with Crippen LogP contribution in [0.2, 0.25) is 0 Å². The van der Waals surface area contributed by atoms with Crippen molar-refractivity contribution in [3.63, 3.8) is 0 Å². The van der Waals surface area contributed by atoms with Gasteiger partial charge in [-0.1, -0.05) is 42.2 Å². The van der Waals surface area contributed by atoms with Gasteiger partial charge in [-0.3, -0.25) is 0 Å². The van der Waals surface area contributed by atoms with E-state index in [9.17, 15) is 0 Å². The van der Waals surface area contributed by atoms with Gasteiger partial charge in [0, 0.05) is 6.61 Å². The van der Waals surface area contributed by atoms with Crippen molar-refractivity contribution in [2.75, 3.05) is 19.8 Å². The van der Waals surface area contributed by atoms with E-state index in [4.69, 9.17) is 9.84 Å². The molecule has 0 fully saturated rings. The molecule has 1 aromatic carbocycles. The van der Waals surface area contributed by atoms with E-state index in [1.54, 1.807) is 0 Å². The molecule has 0 spiro atoms. The van der Waals surface area contributed by atoms with Crippen LogP contribution in [0.5, 0.6) is 0 Å². The molecule has 0 aromatic heterocycles. The number of aliphatic hydroxyl groups is 1. The summed E-state index contributed by atoms with van der Waals surface area (Å²) < 4.78 is 5.27. The molecule has 0 aliphatic carbocycles. The monoisotopic (exact) mass is 204 g/mol. The fraction of sp³-hybridized carbons (Fsp3) is 0.385. The van der Waals surface area contributed by atoms with Crippen molar-refractivity contribution >= 4 is 0 Å². The van der Waals surface area contributed by atoms with Crippen LogP contribution >= 0.6 is 0 Å². The highest BCUT2D eigenvalue weighted by Gasteiger charge is 1.91. The highest BCUT2D eigenvalue weighted by molar-refractivity contribution is 5.14. The Kier molecular flexibility index (Phi) is 6.31. The minimum absolute atomic E-state index is 0.0899. The fourth-order valence-corrected chi connectivity index (χ4v) is 1.25. The quantitative estimate of drug-likeness (QED) is 0.583.